The van der Waals surface area contributed by atoms with Crippen molar-refractivity contribution in [1.82, 2.24) is 10.2 Å². The van der Waals surface area contributed by atoms with E-state index < -0.39 is 0 Å². The van der Waals surface area contributed by atoms with E-state index in [2.05, 4.69) is 10.3 Å². The first-order chi connectivity index (χ1) is 6.61. The smallest absolute Gasteiger partial charge is 0.299 e. The zero-order valence-electron chi connectivity index (χ0n) is 8.23. The Labute approximate surface area is 82.2 Å². The molecular weight excluding hydrogens is 182 g/mol. The molecule has 5 heteroatoms. The van der Waals surface area contributed by atoms with Crippen molar-refractivity contribution in [2.24, 2.45) is 10.9 Å². The summed E-state index contributed by atoms with van der Waals surface area (Å²) in [5.41, 5.74) is 0. The molecule has 0 bridgehead atoms. The summed E-state index contributed by atoms with van der Waals surface area (Å²) < 4.78 is 0. The van der Waals surface area contributed by atoms with Gasteiger partial charge in [0.15, 0.2) is 0 Å². The number of hydrogen-bond donors (Lipinski definition) is 1. The van der Waals surface area contributed by atoms with Gasteiger partial charge in [-0.1, -0.05) is 0 Å². The maximum Gasteiger partial charge on any atom is 0.326 e. The molecule has 0 saturated carbocycles. The Morgan fingerprint density at radius 2 is 2.29 bits per heavy atom. The number of rotatable bonds is 1. The van der Waals surface area contributed by atoms with Crippen molar-refractivity contribution in [1.29, 1.82) is 0 Å². The maximum atomic E-state index is 11.5. The topological polar surface area (TPSA) is 61.8 Å². The Balaban J connectivity index is 2.28. The van der Waals surface area contributed by atoms with E-state index in [1.807, 2.05) is 13.8 Å². The summed E-state index contributed by atoms with van der Waals surface area (Å²) >= 11 is 0. The van der Waals surface area contributed by atoms with Crippen molar-refractivity contribution in [2.45, 2.75) is 32.5 Å². The molecule has 0 spiro atoms. The molecule has 76 valence electrons. The van der Waals surface area contributed by atoms with Gasteiger partial charge in [-0.05, 0) is 20.3 Å². The fraction of sp³-hybridized carbons (Fsp3) is 0.667. The van der Waals surface area contributed by atoms with E-state index in [1.54, 1.807) is 11.1 Å². The lowest BCUT2D eigenvalue weighted by atomic mass is 10.0. The minimum Gasteiger partial charge on any atom is -0.299 e. The SMILES string of the molecule is CC(C)N1C(=O)NC(=O)C2CC=NC21. The van der Waals surface area contributed by atoms with Crippen molar-refractivity contribution >= 4 is 18.2 Å². The largest absolute Gasteiger partial charge is 0.326 e. The summed E-state index contributed by atoms with van der Waals surface area (Å²) in [6.45, 7) is 3.83. The van der Waals surface area contributed by atoms with E-state index in [0.717, 1.165) is 0 Å². The van der Waals surface area contributed by atoms with Gasteiger partial charge in [-0.15, -0.1) is 0 Å². The Bertz CT molecular complexity index is 311. The Morgan fingerprint density at radius 3 is 2.93 bits per heavy atom. The third-order valence-corrected chi connectivity index (χ3v) is 2.62. The molecule has 2 atom stereocenters. The number of fused-ring (bicyclic) bond motifs is 1. The number of nitrogens with one attached hydrogen (secondary N) is 1. The summed E-state index contributed by atoms with van der Waals surface area (Å²) in [5, 5.41) is 2.35. The van der Waals surface area contributed by atoms with Gasteiger partial charge >= 0.3 is 6.03 Å². The van der Waals surface area contributed by atoms with Gasteiger partial charge in [0.1, 0.15) is 6.17 Å². The molecule has 2 rings (SSSR count). The molecule has 1 N–H and O–H groups in total. The minimum absolute atomic E-state index is 0.0610. The molecule has 14 heavy (non-hydrogen) atoms. The van der Waals surface area contributed by atoms with Crippen molar-refractivity contribution in [3.05, 3.63) is 0 Å². The predicted octanol–water partition coefficient (Wildman–Crippen LogP) is 0.363. The summed E-state index contributed by atoms with van der Waals surface area (Å²) in [6, 6.07) is -0.267. The van der Waals surface area contributed by atoms with Crippen LogP contribution in [0.5, 0.6) is 0 Å². The van der Waals surface area contributed by atoms with Crippen LogP contribution in [-0.2, 0) is 4.79 Å². The highest BCUT2D eigenvalue weighted by molar-refractivity contribution is 6.00. The number of hydrogen-bond acceptors (Lipinski definition) is 3. The summed E-state index contributed by atoms with van der Waals surface area (Å²) in [4.78, 5) is 28.7. The van der Waals surface area contributed by atoms with Crippen LogP contribution in [0.2, 0.25) is 0 Å². The number of amides is 3. The fourth-order valence-corrected chi connectivity index (χ4v) is 1.94. The first kappa shape index (κ1) is 9.18. The molecule has 1 fully saturated rings. The van der Waals surface area contributed by atoms with Crippen LogP contribution in [-0.4, -0.2) is 35.3 Å². The molecule has 2 unspecified atom stereocenters. The first-order valence-corrected chi connectivity index (χ1v) is 4.76. The highest BCUT2D eigenvalue weighted by Gasteiger charge is 2.43. The van der Waals surface area contributed by atoms with Crippen LogP contribution >= 0.6 is 0 Å². The number of nitrogens with zero attached hydrogens (tertiary/aromatic N) is 2. The van der Waals surface area contributed by atoms with Crippen LogP contribution < -0.4 is 5.32 Å². The second-order valence-electron chi connectivity index (χ2n) is 3.88. The molecule has 2 aliphatic rings. The van der Waals surface area contributed by atoms with Crippen molar-refractivity contribution in [3.63, 3.8) is 0 Å². The normalized spacial score (nSPS) is 30.9. The Morgan fingerprint density at radius 1 is 1.57 bits per heavy atom. The van der Waals surface area contributed by atoms with Gasteiger partial charge in [-0.3, -0.25) is 20.0 Å². The molecule has 3 amide bonds. The van der Waals surface area contributed by atoms with E-state index in [-0.39, 0.29) is 30.1 Å². The van der Waals surface area contributed by atoms with E-state index in [0.29, 0.717) is 6.42 Å². The zero-order chi connectivity index (χ0) is 10.3. The lowest BCUT2D eigenvalue weighted by Gasteiger charge is -2.37. The second kappa shape index (κ2) is 3.08. The molecular formula is C9H13N3O2. The van der Waals surface area contributed by atoms with Gasteiger partial charge in [-0.2, -0.15) is 0 Å². The third kappa shape index (κ3) is 1.20. The average Bonchev–Trinajstić information content (AvgIpc) is 2.51. The predicted molar refractivity (Wildman–Crippen MR) is 50.9 cm³/mol. The van der Waals surface area contributed by atoms with Crippen LogP contribution in [0.4, 0.5) is 4.79 Å². The van der Waals surface area contributed by atoms with Crippen molar-refractivity contribution < 1.29 is 9.59 Å². The van der Waals surface area contributed by atoms with Crippen LogP contribution in [0.3, 0.4) is 0 Å². The molecule has 2 aliphatic heterocycles. The maximum absolute atomic E-state index is 11.5. The third-order valence-electron chi connectivity index (χ3n) is 2.62. The molecule has 1 saturated heterocycles. The molecule has 0 aliphatic carbocycles. The van der Waals surface area contributed by atoms with Crippen LogP contribution in [0.15, 0.2) is 4.99 Å². The van der Waals surface area contributed by atoms with E-state index >= 15 is 0 Å². The first-order valence-electron chi connectivity index (χ1n) is 4.76. The zero-order valence-corrected chi connectivity index (χ0v) is 8.23. The standard InChI is InChI=1S/C9H13N3O2/c1-5(2)12-7-6(3-4-10-7)8(13)11-9(12)14/h4-7H,3H2,1-2H3,(H,11,13,14). The van der Waals surface area contributed by atoms with Crippen molar-refractivity contribution in [3.8, 4) is 0 Å². The highest BCUT2D eigenvalue weighted by Crippen LogP contribution is 2.26. The minimum atomic E-state index is -0.328. The Kier molecular flexibility index (Phi) is 2.02. The van der Waals surface area contributed by atoms with Crippen LogP contribution in [0, 0.1) is 5.92 Å². The van der Waals surface area contributed by atoms with E-state index in [9.17, 15) is 9.59 Å². The molecule has 0 radical (unpaired) electrons. The quantitative estimate of drug-likeness (QED) is 0.656. The molecule has 0 aromatic carbocycles. The number of carbonyl (C=O) groups excluding carboxylic acids is 2. The number of carbonyl (C=O) groups is 2. The van der Waals surface area contributed by atoms with E-state index in [1.165, 1.54) is 0 Å². The molecule has 2 heterocycles. The van der Waals surface area contributed by atoms with Gasteiger partial charge < -0.3 is 0 Å². The van der Waals surface area contributed by atoms with Gasteiger partial charge in [0.05, 0.1) is 5.92 Å². The molecule has 5 nitrogen and oxygen atoms in total. The number of urea groups is 1. The second-order valence-corrected chi connectivity index (χ2v) is 3.88. The fourth-order valence-electron chi connectivity index (χ4n) is 1.94. The molecule has 0 aromatic heterocycles. The van der Waals surface area contributed by atoms with Gasteiger partial charge in [0.25, 0.3) is 0 Å². The highest BCUT2D eigenvalue weighted by atomic mass is 16.2. The lowest BCUT2D eigenvalue weighted by molar-refractivity contribution is -0.127. The summed E-state index contributed by atoms with van der Waals surface area (Å²) in [7, 11) is 0. The lowest BCUT2D eigenvalue weighted by Crippen LogP contribution is -2.60. The van der Waals surface area contributed by atoms with E-state index in [4.69, 9.17) is 0 Å². The monoisotopic (exact) mass is 195 g/mol. The van der Waals surface area contributed by atoms with Crippen molar-refractivity contribution in [2.75, 3.05) is 0 Å². The summed E-state index contributed by atoms with van der Waals surface area (Å²) in [5.74, 6) is -0.385. The van der Waals surface area contributed by atoms with Gasteiger partial charge in [-0.25, -0.2) is 4.79 Å². The average molecular weight is 195 g/mol. The molecule has 0 aromatic rings. The van der Waals surface area contributed by atoms with Gasteiger partial charge in [0, 0.05) is 12.3 Å². The summed E-state index contributed by atoms with van der Waals surface area (Å²) in [6.07, 6.45) is 2.08. The van der Waals surface area contributed by atoms with Crippen LogP contribution in [0.25, 0.3) is 0 Å². The Hall–Kier alpha value is -1.39. The van der Waals surface area contributed by atoms with Gasteiger partial charge in [0.2, 0.25) is 5.91 Å². The number of imide groups is 1. The number of aliphatic imine (C=N–C) groups is 1. The van der Waals surface area contributed by atoms with Crippen LogP contribution in [0.1, 0.15) is 20.3 Å².